The van der Waals surface area contributed by atoms with Crippen LogP contribution in [0.2, 0.25) is 0 Å². The molecule has 0 bridgehead atoms. The van der Waals surface area contributed by atoms with E-state index >= 15 is 0 Å². The zero-order valence-corrected chi connectivity index (χ0v) is 16.1. The van der Waals surface area contributed by atoms with Crippen LogP contribution >= 0.6 is 0 Å². The molecule has 1 aromatic heterocycles. The Kier molecular flexibility index (Phi) is 4.78. The first-order valence-electron chi connectivity index (χ1n) is 8.74. The first-order chi connectivity index (χ1) is 12.8. The highest BCUT2D eigenvalue weighted by molar-refractivity contribution is 6.46. The number of aromatic nitrogens is 2. The summed E-state index contributed by atoms with van der Waals surface area (Å²) in [6, 6.07) is 6.49. The van der Waals surface area contributed by atoms with Crippen molar-refractivity contribution in [1.82, 2.24) is 14.7 Å². The van der Waals surface area contributed by atoms with Gasteiger partial charge in [0.25, 0.3) is 11.7 Å². The van der Waals surface area contributed by atoms with E-state index in [-0.39, 0.29) is 11.3 Å². The van der Waals surface area contributed by atoms with E-state index in [1.54, 1.807) is 50.0 Å². The van der Waals surface area contributed by atoms with E-state index in [4.69, 9.17) is 4.74 Å². The molecule has 1 aliphatic heterocycles. The van der Waals surface area contributed by atoms with Gasteiger partial charge in [-0.3, -0.25) is 14.3 Å². The van der Waals surface area contributed by atoms with Gasteiger partial charge in [0.2, 0.25) is 0 Å². The average Bonchev–Trinajstić information content (AvgIpc) is 3.07. The SMILES string of the molecule is CCN1C(=O)C(=O)/C(=C(/O)c2c(C)nn(C)c2C)C1c1ccc(OC)cc1. The number of nitrogens with zero attached hydrogens (tertiary/aromatic N) is 3. The predicted molar refractivity (Wildman–Crippen MR) is 100 cm³/mol. The number of carbonyl (C=O) groups is 2. The fourth-order valence-electron chi connectivity index (χ4n) is 3.59. The Bertz CT molecular complexity index is 941. The van der Waals surface area contributed by atoms with Crippen LogP contribution in [0, 0.1) is 13.8 Å². The topological polar surface area (TPSA) is 84.7 Å². The van der Waals surface area contributed by atoms with Gasteiger partial charge in [-0.15, -0.1) is 0 Å². The van der Waals surface area contributed by atoms with Crippen LogP contribution < -0.4 is 4.74 Å². The summed E-state index contributed by atoms with van der Waals surface area (Å²) in [6.07, 6.45) is 0. The predicted octanol–water partition coefficient (Wildman–Crippen LogP) is 2.49. The number of likely N-dealkylation sites (tertiary alicyclic amines) is 1. The van der Waals surface area contributed by atoms with E-state index in [1.165, 1.54) is 4.90 Å². The zero-order valence-electron chi connectivity index (χ0n) is 16.1. The van der Waals surface area contributed by atoms with E-state index < -0.39 is 17.7 Å². The summed E-state index contributed by atoms with van der Waals surface area (Å²) in [5.41, 5.74) is 2.64. The normalized spacial score (nSPS) is 19.0. The maximum Gasteiger partial charge on any atom is 0.295 e. The number of aryl methyl sites for hydroxylation is 2. The van der Waals surface area contributed by atoms with Crippen LogP contribution in [0.4, 0.5) is 0 Å². The Morgan fingerprint density at radius 3 is 2.33 bits per heavy atom. The Hall–Kier alpha value is -3.09. The van der Waals surface area contributed by atoms with Gasteiger partial charge in [0.05, 0.1) is 30.0 Å². The molecule has 1 aromatic carbocycles. The molecule has 0 spiro atoms. The molecule has 142 valence electrons. The van der Waals surface area contributed by atoms with Crippen molar-refractivity contribution >= 4 is 17.4 Å². The molecule has 1 fully saturated rings. The van der Waals surface area contributed by atoms with E-state index in [2.05, 4.69) is 5.10 Å². The number of aliphatic hydroxyl groups is 1. The number of hydrogen-bond donors (Lipinski definition) is 1. The Morgan fingerprint density at radius 2 is 1.85 bits per heavy atom. The summed E-state index contributed by atoms with van der Waals surface area (Å²) in [5.74, 6) is -0.809. The molecule has 1 N–H and O–H groups in total. The number of methoxy groups -OCH3 is 1. The number of hydrogen-bond acceptors (Lipinski definition) is 5. The summed E-state index contributed by atoms with van der Waals surface area (Å²) in [4.78, 5) is 26.8. The van der Waals surface area contributed by atoms with Gasteiger partial charge in [-0.05, 0) is 38.5 Å². The summed E-state index contributed by atoms with van der Waals surface area (Å²) in [6.45, 7) is 5.74. The number of benzene rings is 1. The zero-order chi connectivity index (χ0) is 19.9. The second-order valence-corrected chi connectivity index (χ2v) is 6.53. The lowest BCUT2D eigenvalue weighted by molar-refractivity contribution is -0.139. The number of rotatable bonds is 4. The highest BCUT2D eigenvalue weighted by atomic mass is 16.5. The van der Waals surface area contributed by atoms with Gasteiger partial charge in [0.1, 0.15) is 11.5 Å². The van der Waals surface area contributed by atoms with Gasteiger partial charge in [-0.2, -0.15) is 5.10 Å². The van der Waals surface area contributed by atoms with Crippen molar-refractivity contribution in [2.45, 2.75) is 26.8 Å². The summed E-state index contributed by atoms with van der Waals surface area (Å²) < 4.78 is 6.83. The molecule has 1 aliphatic rings. The van der Waals surface area contributed by atoms with Crippen molar-refractivity contribution in [1.29, 1.82) is 0 Å². The smallest absolute Gasteiger partial charge is 0.295 e. The Labute approximate surface area is 157 Å². The second kappa shape index (κ2) is 6.90. The first kappa shape index (κ1) is 18.7. The number of carbonyl (C=O) groups excluding carboxylic acids is 2. The highest BCUT2D eigenvalue weighted by Crippen LogP contribution is 2.40. The molecule has 1 atom stereocenters. The van der Waals surface area contributed by atoms with Gasteiger partial charge in [-0.25, -0.2) is 0 Å². The maximum absolute atomic E-state index is 12.8. The first-order valence-corrected chi connectivity index (χ1v) is 8.74. The molecule has 1 amide bonds. The minimum Gasteiger partial charge on any atom is -0.507 e. The Morgan fingerprint density at radius 1 is 1.22 bits per heavy atom. The number of amides is 1. The lowest BCUT2D eigenvalue weighted by Gasteiger charge is -2.24. The minimum atomic E-state index is -0.683. The number of Topliss-reactive ketones (excluding diaryl/α,β-unsaturated/α-hetero) is 1. The van der Waals surface area contributed by atoms with E-state index in [0.717, 1.165) is 11.3 Å². The standard InChI is InChI=1S/C20H23N3O4/c1-6-23-17(13-7-9-14(27-5)10-8-13)16(19(25)20(23)26)18(24)15-11(2)21-22(4)12(15)3/h7-10,17,24H,6H2,1-5H3/b18-16+. The van der Waals surface area contributed by atoms with Crippen molar-refractivity contribution in [3.8, 4) is 5.75 Å². The third-order valence-electron chi connectivity index (χ3n) is 5.06. The molecular weight excluding hydrogens is 346 g/mol. The highest BCUT2D eigenvalue weighted by Gasteiger charge is 2.45. The lowest BCUT2D eigenvalue weighted by Crippen LogP contribution is -2.29. The molecule has 1 unspecified atom stereocenters. The fourth-order valence-corrected chi connectivity index (χ4v) is 3.59. The van der Waals surface area contributed by atoms with Crippen molar-refractivity contribution in [2.24, 2.45) is 7.05 Å². The van der Waals surface area contributed by atoms with Crippen molar-refractivity contribution in [3.05, 3.63) is 52.4 Å². The molecule has 7 heteroatoms. The van der Waals surface area contributed by atoms with Crippen LogP contribution in [0.1, 0.15) is 35.5 Å². The molecule has 27 heavy (non-hydrogen) atoms. The number of ketones is 1. The molecule has 2 aromatic rings. The minimum absolute atomic E-state index is 0.0891. The van der Waals surface area contributed by atoms with Crippen LogP contribution in [0.15, 0.2) is 29.8 Å². The summed E-state index contributed by atoms with van der Waals surface area (Å²) in [7, 11) is 3.34. The third-order valence-corrected chi connectivity index (χ3v) is 5.06. The largest absolute Gasteiger partial charge is 0.507 e. The van der Waals surface area contributed by atoms with Crippen molar-refractivity contribution in [3.63, 3.8) is 0 Å². The van der Waals surface area contributed by atoms with E-state index in [1.807, 2.05) is 13.8 Å². The lowest BCUT2D eigenvalue weighted by atomic mass is 9.94. The van der Waals surface area contributed by atoms with E-state index in [9.17, 15) is 14.7 Å². The average molecular weight is 369 g/mol. The molecule has 1 saturated heterocycles. The van der Waals surface area contributed by atoms with Crippen LogP contribution in [-0.2, 0) is 16.6 Å². The molecule has 2 heterocycles. The Balaban J connectivity index is 2.23. The monoisotopic (exact) mass is 369 g/mol. The van der Waals surface area contributed by atoms with Gasteiger partial charge in [-0.1, -0.05) is 12.1 Å². The molecule has 7 nitrogen and oxygen atoms in total. The number of likely N-dealkylation sites (N-methyl/N-ethyl adjacent to an activating group) is 1. The van der Waals surface area contributed by atoms with Crippen molar-refractivity contribution < 1.29 is 19.4 Å². The van der Waals surface area contributed by atoms with Crippen LogP contribution in [0.5, 0.6) is 5.75 Å². The fraction of sp³-hybridized carbons (Fsp3) is 0.350. The molecule has 0 radical (unpaired) electrons. The van der Waals surface area contributed by atoms with Crippen LogP contribution in [0.25, 0.3) is 5.76 Å². The second-order valence-electron chi connectivity index (χ2n) is 6.53. The third kappa shape index (κ3) is 2.89. The molecule has 0 aliphatic carbocycles. The molecular formula is C20H23N3O4. The van der Waals surface area contributed by atoms with Crippen LogP contribution in [-0.4, -0.2) is 45.1 Å². The summed E-state index contributed by atoms with van der Waals surface area (Å²) in [5, 5.41) is 15.3. The number of ether oxygens (including phenoxy) is 1. The van der Waals surface area contributed by atoms with Gasteiger partial charge >= 0.3 is 0 Å². The molecule has 0 saturated carbocycles. The van der Waals surface area contributed by atoms with Gasteiger partial charge < -0.3 is 14.7 Å². The van der Waals surface area contributed by atoms with Crippen molar-refractivity contribution in [2.75, 3.05) is 13.7 Å². The van der Waals surface area contributed by atoms with Gasteiger partial charge in [0, 0.05) is 19.3 Å². The van der Waals surface area contributed by atoms with E-state index in [0.29, 0.717) is 23.6 Å². The maximum atomic E-state index is 12.8. The quantitative estimate of drug-likeness (QED) is 0.508. The van der Waals surface area contributed by atoms with Gasteiger partial charge in [0.15, 0.2) is 0 Å². The van der Waals surface area contributed by atoms with Crippen LogP contribution in [0.3, 0.4) is 0 Å². The number of aliphatic hydroxyl groups excluding tert-OH is 1. The summed E-state index contributed by atoms with van der Waals surface area (Å²) >= 11 is 0. The molecule has 3 rings (SSSR count).